The van der Waals surface area contributed by atoms with E-state index in [-0.39, 0.29) is 5.56 Å². The normalized spacial score (nSPS) is 8.89. The minimum atomic E-state index is -1.02. The third kappa shape index (κ3) is 4.49. The van der Waals surface area contributed by atoms with Crippen LogP contribution in [0.2, 0.25) is 0 Å². The highest BCUT2D eigenvalue weighted by atomic mass is 16.4. The Morgan fingerprint density at radius 1 is 0.778 bits per heavy atom. The molecule has 2 rings (SSSR count). The Morgan fingerprint density at radius 2 is 1.11 bits per heavy atom. The van der Waals surface area contributed by atoms with Gasteiger partial charge in [-0.05, 0) is 24.3 Å². The fraction of sp³-hybridized carbons (Fsp3) is 0. The highest BCUT2D eigenvalue weighted by Gasteiger charge is 2.03. The highest BCUT2D eigenvalue weighted by molar-refractivity contribution is 5.94. The van der Waals surface area contributed by atoms with Crippen molar-refractivity contribution in [2.45, 2.75) is 0 Å². The van der Waals surface area contributed by atoms with Crippen LogP contribution in [0.4, 0.5) is 0 Å². The van der Waals surface area contributed by atoms with Gasteiger partial charge in [0.25, 0.3) is 0 Å². The predicted molar refractivity (Wildman–Crippen MR) is 68.4 cm³/mol. The molecule has 4 nitrogen and oxygen atoms in total. The Morgan fingerprint density at radius 3 is 1.39 bits per heavy atom. The molecule has 0 unspecified atom stereocenters. The fourth-order valence-electron chi connectivity index (χ4n) is 1.16. The Labute approximate surface area is 105 Å². The van der Waals surface area contributed by atoms with Crippen LogP contribution >= 0.6 is 0 Å². The molecule has 0 bridgehead atoms. The molecular weight excluding hydrogens is 230 g/mol. The van der Waals surface area contributed by atoms with E-state index < -0.39 is 11.9 Å². The van der Waals surface area contributed by atoms with Gasteiger partial charge in [-0.15, -0.1) is 0 Å². The van der Waals surface area contributed by atoms with Crippen LogP contribution in [0.1, 0.15) is 20.7 Å². The van der Waals surface area contributed by atoms with Gasteiger partial charge in [0.2, 0.25) is 5.91 Å². The zero-order valence-corrected chi connectivity index (χ0v) is 9.61. The monoisotopic (exact) mass is 243 g/mol. The maximum absolute atomic E-state index is 10.6. The van der Waals surface area contributed by atoms with Crippen LogP contribution in [-0.4, -0.2) is 17.0 Å². The highest BCUT2D eigenvalue weighted by Crippen LogP contribution is 2.03. The molecule has 0 radical (unpaired) electrons. The molecule has 0 aromatic heterocycles. The van der Waals surface area contributed by atoms with Crippen molar-refractivity contribution >= 4 is 11.9 Å². The van der Waals surface area contributed by atoms with E-state index >= 15 is 0 Å². The minimum Gasteiger partial charge on any atom is -0.478 e. The lowest BCUT2D eigenvalue weighted by molar-refractivity contribution is 0.0696. The molecule has 92 valence electrons. The van der Waals surface area contributed by atoms with Crippen molar-refractivity contribution in [2.75, 3.05) is 0 Å². The summed E-state index contributed by atoms with van der Waals surface area (Å²) >= 11 is 0. The lowest BCUT2D eigenvalue weighted by Crippen LogP contribution is -2.10. The number of hydrogen-bond acceptors (Lipinski definition) is 2. The van der Waals surface area contributed by atoms with E-state index in [1.54, 1.807) is 0 Å². The predicted octanol–water partition coefficient (Wildman–Crippen LogP) is 2.17. The van der Waals surface area contributed by atoms with Crippen molar-refractivity contribution in [1.29, 1.82) is 0 Å². The first-order valence-corrected chi connectivity index (χ1v) is 5.24. The molecule has 0 aliphatic carbocycles. The molecule has 0 fully saturated rings. The SMILES string of the molecule is NC(=O)c1ccc(C(=O)O)cc1.c1ccccc1. The summed E-state index contributed by atoms with van der Waals surface area (Å²) < 4.78 is 0. The van der Waals surface area contributed by atoms with Gasteiger partial charge in [0, 0.05) is 5.56 Å². The maximum atomic E-state index is 10.6. The summed E-state index contributed by atoms with van der Waals surface area (Å²) in [5.41, 5.74) is 5.40. The third-order valence-electron chi connectivity index (χ3n) is 2.08. The number of rotatable bonds is 2. The zero-order valence-electron chi connectivity index (χ0n) is 9.61. The number of nitrogens with two attached hydrogens (primary N) is 1. The Kier molecular flexibility index (Phi) is 5.12. The first-order chi connectivity index (χ1) is 8.61. The zero-order chi connectivity index (χ0) is 13.4. The van der Waals surface area contributed by atoms with Gasteiger partial charge in [-0.25, -0.2) is 4.79 Å². The van der Waals surface area contributed by atoms with Crippen molar-refractivity contribution in [3.63, 3.8) is 0 Å². The minimum absolute atomic E-state index is 0.139. The molecule has 1 amide bonds. The van der Waals surface area contributed by atoms with Crippen LogP contribution in [0.25, 0.3) is 0 Å². The maximum Gasteiger partial charge on any atom is 0.335 e. The molecule has 18 heavy (non-hydrogen) atoms. The van der Waals surface area contributed by atoms with E-state index in [9.17, 15) is 9.59 Å². The van der Waals surface area contributed by atoms with Gasteiger partial charge in [0.05, 0.1) is 5.56 Å². The van der Waals surface area contributed by atoms with E-state index in [2.05, 4.69) is 0 Å². The second-order valence-corrected chi connectivity index (χ2v) is 3.40. The van der Waals surface area contributed by atoms with Gasteiger partial charge in [-0.3, -0.25) is 4.79 Å². The lowest BCUT2D eigenvalue weighted by Gasteiger charge is -1.95. The van der Waals surface area contributed by atoms with Gasteiger partial charge >= 0.3 is 5.97 Å². The first kappa shape index (κ1) is 13.4. The summed E-state index contributed by atoms with van der Waals surface area (Å²) in [4.78, 5) is 20.9. The molecule has 0 aliphatic heterocycles. The topological polar surface area (TPSA) is 80.4 Å². The Bertz CT molecular complexity index is 447. The summed E-state index contributed by atoms with van der Waals surface area (Å²) in [7, 11) is 0. The van der Waals surface area contributed by atoms with E-state index in [4.69, 9.17) is 10.8 Å². The van der Waals surface area contributed by atoms with Crippen molar-refractivity contribution in [3.05, 3.63) is 71.8 Å². The number of carbonyl (C=O) groups is 2. The van der Waals surface area contributed by atoms with Crippen LogP contribution in [0, 0.1) is 0 Å². The van der Waals surface area contributed by atoms with Crippen molar-refractivity contribution in [1.82, 2.24) is 0 Å². The van der Waals surface area contributed by atoms with Gasteiger partial charge < -0.3 is 10.8 Å². The number of amides is 1. The van der Waals surface area contributed by atoms with E-state index in [1.165, 1.54) is 24.3 Å². The number of carboxylic acids is 1. The van der Waals surface area contributed by atoms with Crippen LogP contribution in [0.5, 0.6) is 0 Å². The molecule has 0 atom stereocenters. The van der Waals surface area contributed by atoms with Crippen LogP contribution in [0.15, 0.2) is 60.7 Å². The number of primary amides is 1. The second kappa shape index (κ2) is 6.85. The van der Waals surface area contributed by atoms with Gasteiger partial charge in [-0.1, -0.05) is 36.4 Å². The molecule has 2 aromatic carbocycles. The quantitative estimate of drug-likeness (QED) is 0.848. The van der Waals surface area contributed by atoms with Crippen molar-refractivity contribution in [3.8, 4) is 0 Å². The smallest absolute Gasteiger partial charge is 0.335 e. The lowest BCUT2D eigenvalue weighted by atomic mass is 10.1. The molecule has 3 N–H and O–H groups in total. The molecule has 0 saturated heterocycles. The van der Waals surface area contributed by atoms with Crippen molar-refractivity contribution < 1.29 is 14.7 Å². The molecule has 4 heteroatoms. The summed E-state index contributed by atoms with van der Waals surface area (Å²) in [5.74, 6) is -1.59. The molecular formula is C14H13NO3. The Hall–Kier alpha value is -2.62. The average molecular weight is 243 g/mol. The molecule has 0 aliphatic rings. The van der Waals surface area contributed by atoms with Crippen LogP contribution < -0.4 is 5.73 Å². The standard InChI is InChI=1S/C8H7NO3.C6H6/c9-7(10)5-1-3-6(4-2-5)8(11)12;1-2-4-6-5-3-1/h1-4H,(H2,9,10)(H,11,12);1-6H. The van der Waals surface area contributed by atoms with Gasteiger partial charge in [0.15, 0.2) is 0 Å². The molecule has 0 spiro atoms. The fourth-order valence-corrected chi connectivity index (χ4v) is 1.16. The summed E-state index contributed by atoms with van der Waals surface area (Å²) in [5, 5.41) is 8.50. The third-order valence-corrected chi connectivity index (χ3v) is 2.08. The number of aromatic carboxylic acids is 1. The molecule has 2 aromatic rings. The van der Waals surface area contributed by atoms with Crippen LogP contribution in [0.3, 0.4) is 0 Å². The Balaban J connectivity index is 0.000000225. The van der Waals surface area contributed by atoms with Gasteiger partial charge in [-0.2, -0.15) is 0 Å². The summed E-state index contributed by atoms with van der Waals surface area (Å²) in [6, 6.07) is 17.4. The van der Waals surface area contributed by atoms with Crippen LogP contribution in [-0.2, 0) is 0 Å². The summed E-state index contributed by atoms with van der Waals surface area (Å²) in [6.07, 6.45) is 0. The number of hydrogen-bond donors (Lipinski definition) is 2. The number of benzene rings is 2. The number of carbonyl (C=O) groups excluding carboxylic acids is 1. The molecule has 0 saturated carbocycles. The largest absolute Gasteiger partial charge is 0.478 e. The van der Waals surface area contributed by atoms with E-state index in [0.29, 0.717) is 5.56 Å². The average Bonchev–Trinajstić information content (AvgIpc) is 2.41. The van der Waals surface area contributed by atoms with Crippen molar-refractivity contribution in [2.24, 2.45) is 5.73 Å². The summed E-state index contributed by atoms with van der Waals surface area (Å²) in [6.45, 7) is 0. The number of carboxylic acid groups (broad SMARTS) is 1. The molecule has 0 heterocycles. The first-order valence-electron chi connectivity index (χ1n) is 5.24. The van der Waals surface area contributed by atoms with E-state index in [0.717, 1.165) is 0 Å². The van der Waals surface area contributed by atoms with Gasteiger partial charge in [0.1, 0.15) is 0 Å². The van der Waals surface area contributed by atoms with E-state index in [1.807, 2.05) is 36.4 Å². The second-order valence-electron chi connectivity index (χ2n) is 3.40.